The van der Waals surface area contributed by atoms with Crippen molar-refractivity contribution in [3.8, 4) is 5.75 Å². The molecule has 1 heterocycles. The third-order valence-electron chi connectivity index (χ3n) is 4.83. The number of rotatable bonds is 4. The summed E-state index contributed by atoms with van der Waals surface area (Å²) >= 11 is 9.49. The lowest BCUT2D eigenvalue weighted by Crippen LogP contribution is -2.48. The minimum atomic E-state index is -5.35. The van der Waals surface area contributed by atoms with Crippen molar-refractivity contribution in [1.29, 1.82) is 0 Å². The summed E-state index contributed by atoms with van der Waals surface area (Å²) in [5.74, 6) is -3.62. The molecule has 3 rings (SSSR count). The highest BCUT2D eigenvalue weighted by molar-refractivity contribution is 9.10. The summed E-state index contributed by atoms with van der Waals surface area (Å²) in [4.78, 5) is 27.3. The van der Waals surface area contributed by atoms with Gasteiger partial charge in [0.15, 0.2) is 5.75 Å². The number of benzene rings is 2. The van der Waals surface area contributed by atoms with Crippen molar-refractivity contribution < 1.29 is 41.1 Å². The van der Waals surface area contributed by atoms with E-state index in [-0.39, 0.29) is 18.1 Å². The quantitative estimate of drug-likeness (QED) is 0.362. The van der Waals surface area contributed by atoms with Crippen molar-refractivity contribution >= 4 is 60.9 Å². The van der Waals surface area contributed by atoms with E-state index in [9.17, 15) is 36.3 Å². The molecule has 2 aromatic carbocycles. The molecule has 0 aromatic heterocycles. The van der Waals surface area contributed by atoms with Gasteiger partial charge in [0.05, 0.1) is 16.4 Å². The Morgan fingerprint density at radius 2 is 1.71 bits per heavy atom. The number of nitrogens with one attached hydrogen (secondary N) is 2. The molecule has 0 saturated carbocycles. The molecule has 1 saturated heterocycles. The maximum atomic E-state index is 13.2. The zero-order valence-electron chi connectivity index (χ0n) is 17.5. The summed E-state index contributed by atoms with van der Waals surface area (Å²) in [6, 6.07) is 8.04. The molecule has 0 radical (unpaired) electrons. The SMILES string of the molecule is O=C(NOC(=O)C(F)(F)F)Nc1ccc(Cl)c(S(=O)(=O)N2CCN(c3ccccc3Br)CC2)c1O. The monoisotopic (exact) mass is 600 g/mol. The van der Waals surface area contributed by atoms with Crippen molar-refractivity contribution in [3.63, 3.8) is 0 Å². The number of carbonyl (C=O) groups excluding carboxylic acids is 2. The molecule has 3 N–H and O–H groups in total. The second-order valence-corrected chi connectivity index (χ2v) is 10.2. The number of urea groups is 1. The molecule has 1 fully saturated rings. The normalized spacial score (nSPS) is 14.9. The lowest BCUT2D eigenvalue weighted by molar-refractivity contribution is -0.204. The second-order valence-electron chi connectivity index (χ2n) is 7.06. The number of sulfonamides is 1. The smallest absolute Gasteiger partial charge is 0.493 e. The van der Waals surface area contributed by atoms with Crippen LogP contribution in [0.5, 0.6) is 5.75 Å². The average molecular weight is 602 g/mol. The third kappa shape index (κ3) is 6.09. The second kappa shape index (κ2) is 10.5. The molecule has 0 bridgehead atoms. The first kappa shape index (κ1) is 26.8. The Balaban J connectivity index is 1.74. The van der Waals surface area contributed by atoms with Crippen LogP contribution in [0, 0.1) is 0 Å². The molecule has 0 unspecified atom stereocenters. The number of nitrogens with zero attached hydrogens (tertiary/aromatic N) is 2. The Kier molecular flexibility index (Phi) is 8.03. The molecule has 16 heteroatoms. The number of halogens is 5. The molecule has 2 amide bonds. The Morgan fingerprint density at radius 1 is 1.09 bits per heavy atom. The summed E-state index contributed by atoms with van der Waals surface area (Å²) < 4.78 is 64.9. The van der Waals surface area contributed by atoms with Crippen molar-refractivity contribution in [3.05, 3.63) is 45.9 Å². The van der Waals surface area contributed by atoms with Crippen LogP contribution >= 0.6 is 27.5 Å². The van der Waals surface area contributed by atoms with Gasteiger partial charge >= 0.3 is 18.2 Å². The molecule has 10 nitrogen and oxygen atoms in total. The molecule has 0 aliphatic carbocycles. The van der Waals surface area contributed by atoms with Gasteiger partial charge in [0, 0.05) is 30.7 Å². The number of carbonyl (C=O) groups is 2. The number of aromatic hydroxyl groups is 1. The molecular formula is C19H17BrClF3N4O6S. The van der Waals surface area contributed by atoms with Crippen LogP contribution in [0.2, 0.25) is 5.02 Å². The molecule has 0 atom stereocenters. The van der Waals surface area contributed by atoms with Crippen LogP contribution in [0.25, 0.3) is 0 Å². The van der Waals surface area contributed by atoms with E-state index in [4.69, 9.17) is 11.6 Å². The van der Waals surface area contributed by atoms with Gasteiger partial charge in [-0.2, -0.15) is 23.0 Å². The number of phenols is 1. The largest absolute Gasteiger partial charge is 0.504 e. The van der Waals surface area contributed by atoms with Gasteiger partial charge in [-0.3, -0.25) is 0 Å². The van der Waals surface area contributed by atoms with Gasteiger partial charge in [-0.05, 0) is 40.2 Å². The van der Waals surface area contributed by atoms with Crippen LogP contribution in [0.15, 0.2) is 45.8 Å². The van der Waals surface area contributed by atoms with E-state index in [0.717, 1.165) is 26.6 Å². The Bertz CT molecular complexity index is 1240. The van der Waals surface area contributed by atoms with Crippen LogP contribution in [0.1, 0.15) is 0 Å². The summed E-state index contributed by atoms with van der Waals surface area (Å²) in [5.41, 5.74) is 1.58. The lowest BCUT2D eigenvalue weighted by atomic mass is 10.2. The van der Waals surface area contributed by atoms with Gasteiger partial charge < -0.3 is 20.2 Å². The highest BCUT2D eigenvalue weighted by Gasteiger charge is 2.42. The van der Waals surface area contributed by atoms with Crippen LogP contribution < -0.4 is 15.7 Å². The van der Waals surface area contributed by atoms with Crippen molar-refractivity contribution in [2.75, 3.05) is 36.4 Å². The Labute approximate surface area is 210 Å². The Hall–Kier alpha value is -2.75. The van der Waals surface area contributed by atoms with E-state index in [1.54, 1.807) is 0 Å². The third-order valence-corrected chi connectivity index (χ3v) is 7.90. The minimum Gasteiger partial charge on any atom is -0.504 e. The summed E-state index contributed by atoms with van der Waals surface area (Å²) in [6.07, 6.45) is -5.35. The van der Waals surface area contributed by atoms with Gasteiger partial charge in [0.2, 0.25) is 10.0 Å². The lowest BCUT2D eigenvalue weighted by Gasteiger charge is -2.36. The summed E-state index contributed by atoms with van der Waals surface area (Å²) in [6.45, 7) is 0.798. The van der Waals surface area contributed by atoms with Crippen molar-refractivity contribution in [2.24, 2.45) is 0 Å². The molecule has 1 aliphatic rings. The van der Waals surface area contributed by atoms with Crippen molar-refractivity contribution in [2.45, 2.75) is 11.1 Å². The molecule has 2 aromatic rings. The average Bonchev–Trinajstić information content (AvgIpc) is 2.79. The van der Waals surface area contributed by atoms with Crippen LogP contribution in [-0.2, 0) is 19.7 Å². The number of alkyl halides is 3. The summed E-state index contributed by atoms with van der Waals surface area (Å²) in [7, 11) is -4.34. The van der Waals surface area contributed by atoms with Crippen LogP contribution in [-0.4, -0.2) is 62.2 Å². The number of piperazine rings is 1. The van der Waals surface area contributed by atoms with Gasteiger partial charge in [-0.25, -0.2) is 18.0 Å². The number of amides is 2. The number of hydrogen-bond donors (Lipinski definition) is 3. The molecule has 190 valence electrons. The Morgan fingerprint density at radius 3 is 2.31 bits per heavy atom. The van der Waals surface area contributed by atoms with Gasteiger partial charge in [-0.1, -0.05) is 23.7 Å². The fraction of sp³-hybridized carbons (Fsp3) is 0.263. The summed E-state index contributed by atoms with van der Waals surface area (Å²) in [5, 5.41) is 12.1. The molecular weight excluding hydrogens is 585 g/mol. The number of hydroxylamine groups is 1. The first-order chi connectivity index (χ1) is 16.3. The fourth-order valence-corrected chi connectivity index (χ4v) is 5.75. The van der Waals surface area contributed by atoms with E-state index in [2.05, 4.69) is 20.8 Å². The highest BCUT2D eigenvalue weighted by Crippen LogP contribution is 2.39. The zero-order valence-corrected chi connectivity index (χ0v) is 20.6. The highest BCUT2D eigenvalue weighted by atomic mass is 79.9. The van der Waals surface area contributed by atoms with Crippen molar-refractivity contribution in [1.82, 2.24) is 9.79 Å². The van der Waals surface area contributed by atoms with Crippen LogP contribution in [0.4, 0.5) is 29.3 Å². The van der Waals surface area contributed by atoms with Gasteiger partial charge in [-0.15, -0.1) is 0 Å². The molecule has 35 heavy (non-hydrogen) atoms. The van der Waals surface area contributed by atoms with Gasteiger partial charge in [0.25, 0.3) is 0 Å². The predicted molar refractivity (Wildman–Crippen MR) is 123 cm³/mol. The minimum absolute atomic E-state index is 0.0605. The first-order valence-electron chi connectivity index (χ1n) is 9.68. The fourth-order valence-electron chi connectivity index (χ4n) is 3.20. The maximum Gasteiger partial charge on any atom is 0.493 e. The van der Waals surface area contributed by atoms with E-state index >= 15 is 0 Å². The van der Waals surface area contributed by atoms with E-state index in [0.29, 0.717) is 13.1 Å². The first-order valence-corrected chi connectivity index (χ1v) is 12.3. The van der Waals surface area contributed by atoms with Gasteiger partial charge in [0.1, 0.15) is 4.90 Å². The van der Waals surface area contributed by atoms with Crippen LogP contribution in [0.3, 0.4) is 0 Å². The number of para-hydroxylation sites is 1. The maximum absolute atomic E-state index is 13.2. The van der Waals surface area contributed by atoms with E-state index in [1.807, 2.05) is 34.5 Å². The predicted octanol–water partition coefficient (Wildman–Crippen LogP) is 3.46. The molecule has 1 aliphatic heterocycles. The number of phenolic OH excluding ortho intramolecular Hbond substituents is 1. The number of hydrogen-bond acceptors (Lipinski definition) is 7. The molecule has 0 spiro atoms. The standard InChI is InChI=1S/C19H17BrClF3N4O6S/c20-11-3-1-2-4-14(11)27-7-9-28(10-8-27)35(32,33)16-12(21)5-6-13(15(16)29)25-18(31)26-34-17(30)19(22,23)24/h1-6,29H,7-10H2,(H2,25,26,31). The number of anilines is 2. The van der Waals surface area contributed by atoms with E-state index < -0.39 is 44.5 Å². The zero-order chi connectivity index (χ0) is 26.0. The van der Waals surface area contributed by atoms with E-state index in [1.165, 1.54) is 5.48 Å². The topological polar surface area (TPSA) is 128 Å².